The molecule has 1 aliphatic carbocycles. The van der Waals surface area contributed by atoms with Crippen LogP contribution in [-0.4, -0.2) is 11.8 Å². The van der Waals surface area contributed by atoms with E-state index in [0.29, 0.717) is 34.1 Å². The molecule has 2 aromatic carbocycles. The summed E-state index contributed by atoms with van der Waals surface area (Å²) < 4.78 is 0. The SMILES string of the molecule is N#Cc1ccccc1NC(=O)C1(C(=O)Nc2c(Cl)cccc2Cl)CC1. The molecule has 2 amide bonds. The third-order valence-corrected chi connectivity index (χ3v) is 4.75. The van der Waals surface area contributed by atoms with Gasteiger partial charge in [0.15, 0.2) is 0 Å². The van der Waals surface area contributed by atoms with Gasteiger partial charge >= 0.3 is 0 Å². The minimum Gasteiger partial charge on any atom is -0.324 e. The highest BCUT2D eigenvalue weighted by molar-refractivity contribution is 6.40. The number of carbonyl (C=O) groups is 2. The summed E-state index contributed by atoms with van der Waals surface area (Å²) >= 11 is 12.1. The largest absolute Gasteiger partial charge is 0.324 e. The van der Waals surface area contributed by atoms with E-state index in [0.717, 1.165) is 0 Å². The van der Waals surface area contributed by atoms with Crippen LogP contribution in [-0.2, 0) is 9.59 Å². The Hall–Kier alpha value is -2.55. The monoisotopic (exact) mass is 373 g/mol. The van der Waals surface area contributed by atoms with Gasteiger partial charge < -0.3 is 10.6 Å². The standard InChI is InChI=1S/C18H13Cl2N3O2/c19-12-5-3-6-13(20)15(12)23-17(25)18(8-9-18)16(24)22-14-7-2-1-4-11(14)10-21/h1-7H,8-9H2,(H,22,24)(H,23,25). The van der Waals surface area contributed by atoms with E-state index in [2.05, 4.69) is 10.6 Å². The maximum atomic E-state index is 12.6. The van der Waals surface area contributed by atoms with Gasteiger partial charge in [-0.25, -0.2) is 0 Å². The Bertz CT molecular complexity index is 881. The number of amides is 2. The molecule has 25 heavy (non-hydrogen) atoms. The van der Waals surface area contributed by atoms with Crippen molar-refractivity contribution in [2.45, 2.75) is 12.8 Å². The second-order valence-corrected chi connectivity index (χ2v) is 6.56. The summed E-state index contributed by atoms with van der Waals surface area (Å²) in [6, 6.07) is 13.5. The minimum atomic E-state index is -1.18. The van der Waals surface area contributed by atoms with Crippen molar-refractivity contribution in [2.24, 2.45) is 5.41 Å². The summed E-state index contributed by atoms with van der Waals surface area (Å²) in [5, 5.41) is 15.0. The number of anilines is 2. The maximum Gasteiger partial charge on any atom is 0.240 e. The van der Waals surface area contributed by atoms with E-state index < -0.39 is 17.2 Å². The smallest absolute Gasteiger partial charge is 0.240 e. The van der Waals surface area contributed by atoms with Crippen LogP contribution in [0.25, 0.3) is 0 Å². The van der Waals surface area contributed by atoms with Crippen LogP contribution in [0, 0.1) is 16.7 Å². The normalized spacial score (nSPS) is 14.3. The third kappa shape index (κ3) is 3.32. The van der Waals surface area contributed by atoms with E-state index in [1.165, 1.54) is 0 Å². The Labute approximate surface area is 154 Å². The summed E-state index contributed by atoms with van der Waals surface area (Å²) in [7, 11) is 0. The first-order valence-corrected chi connectivity index (χ1v) is 8.29. The van der Waals surface area contributed by atoms with E-state index in [-0.39, 0.29) is 5.69 Å². The van der Waals surface area contributed by atoms with Gasteiger partial charge in [0.25, 0.3) is 0 Å². The number of nitrogens with one attached hydrogen (secondary N) is 2. The summed E-state index contributed by atoms with van der Waals surface area (Å²) in [4.78, 5) is 25.3. The Morgan fingerprint density at radius 2 is 1.56 bits per heavy atom. The lowest BCUT2D eigenvalue weighted by Gasteiger charge is -2.17. The molecule has 0 unspecified atom stereocenters. The Balaban J connectivity index is 1.79. The van der Waals surface area contributed by atoms with Crippen molar-refractivity contribution in [3.63, 3.8) is 0 Å². The minimum absolute atomic E-state index is 0.285. The molecule has 126 valence electrons. The molecule has 0 aliphatic heterocycles. The Morgan fingerprint density at radius 1 is 0.960 bits per heavy atom. The van der Waals surface area contributed by atoms with Crippen molar-refractivity contribution in [3.8, 4) is 6.07 Å². The fraction of sp³-hybridized carbons (Fsp3) is 0.167. The van der Waals surface area contributed by atoms with Gasteiger partial charge in [-0.15, -0.1) is 0 Å². The average Bonchev–Trinajstić information content (AvgIpc) is 3.40. The molecule has 3 rings (SSSR count). The average molecular weight is 374 g/mol. The molecule has 1 aliphatic rings. The van der Waals surface area contributed by atoms with Gasteiger partial charge in [-0.2, -0.15) is 5.26 Å². The molecule has 1 fully saturated rings. The highest BCUT2D eigenvalue weighted by Gasteiger charge is 2.56. The molecule has 0 bridgehead atoms. The zero-order valence-corrected chi connectivity index (χ0v) is 14.5. The van der Waals surface area contributed by atoms with Gasteiger partial charge in [0.05, 0.1) is 27.0 Å². The number of para-hydroxylation sites is 2. The summed E-state index contributed by atoms with van der Waals surface area (Å²) in [5.74, 6) is -0.912. The van der Waals surface area contributed by atoms with Crippen LogP contribution in [0.2, 0.25) is 10.0 Å². The van der Waals surface area contributed by atoms with Gasteiger partial charge in [-0.3, -0.25) is 9.59 Å². The van der Waals surface area contributed by atoms with Crippen LogP contribution in [0.3, 0.4) is 0 Å². The lowest BCUT2D eigenvalue weighted by atomic mass is 10.0. The third-order valence-electron chi connectivity index (χ3n) is 4.12. The highest BCUT2D eigenvalue weighted by Crippen LogP contribution is 2.48. The quantitative estimate of drug-likeness (QED) is 0.786. The maximum absolute atomic E-state index is 12.6. The molecule has 5 nitrogen and oxygen atoms in total. The number of hydrogen-bond donors (Lipinski definition) is 2. The first-order valence-electron chi connectivity index (χ1n) is 7.54. The highest BCUT2D eigenvalue weighted by atomic mass is 35.5. The molecule has 0 saturated heterocycles. The lowest BCUT2D eigenvalue weighted by molar-refractivity contribution is -0.131. The second kappa shape index (κ2) is 6.75. The van der Waals surface area contributed by atoms with Crippen molar-refractivity contribution >= 4 is 46.4 Å². The van der Waals surface area contributed by atoms with Crippen LogP contribution < -0.4 is 10.6 Å². The van der Waals surface area contributed by atoms with Gasteiger partial charge in [-0.1, -0.05) is 41.4 Å². The second-order valence-electron chi connectivity index (χ2n) is 5.74. The zero-order valence-electron chi connectivity index (χ0n) is 13.0. The molecule has 0 radical (unpaired) electrons. The molecule has 7 heteroatoms. The predicted octanol–water partition coefficient (Wildman–Crippen LogP) is 4.22. The summed E-state index contributed by atoms with van der Waals surface area (Å²) in [6.07, 6.45) is 0.836. The van der Waals surface area contributed by atoms with Crippen LogP contribution in [0.1, 0.15) is 18.4 Å². The number of nitriles is 1. The predicted molar refractivity (Wildman–Crippen MR) is 96.5 cm³/mol. The number of carbonyl (C=O) groups excluding carboxylic acids is 2. The lowest BCUT2D eigenvalue weighted by Crippen LogP contribution is -2.36. The summed E-state index contributed by atoms with van der Waals surface area (Å²) in [6.45, 7) is 0. The van der Waals surface area contributed by atoms with Crippen LogP contribution in [0.4, 0.5) is 11.4 Å². The van der Waals surface area contributed by atoms with Gasteiger partial charge in [0, 0.05) is 0 Å². The fourth-order valence-electron chi connectivity index (χ4n) is 2.46. The first-order chi connectivity index (χ1) is 12.0. The van der Waals surface area contributed by atoms with Gasteiger partial charge in [-0.05, 0) is 37.1 Å². The first kappa shape index (κ1) is 17.3. The molecule has 0 heterocycles. The van der Waals surface area contributed by atoms with E-state index in [1.807, 2.05) is 6.07 Å². The Morgan fingerprint density at radius 3 is 2.16 bits per heavy atom. The van der Waals surface area contributed by atoms with E-state index in [9.17, 15) is 9.59 Å². The van der Waals surface area contributed by atoms with Crippen LogP contribution in [0.5, 0.6) is 0 Å². The molecule has 0 aromatic heterocycles. The van der Waals surface area contributed by atoms with Crippen LogP contribution in [0.15, 0.2) is 42.5 Å². The van der Waals surface area contributed by atoms with Gasteiger partial charge in [0.2, 0.25) is 11.8 Å². The van der Waals surface area contributed by atoms with Crippen molar-refractivity contribution in [3.05, 3.63) is 58.1 Å². The van der Waals surface area contributed by atoms with E-state index >= 15 is 0 Å². The number of halogens is 2. The van der Waals surface area contributed by atoms with E-state index in [4.69, 9.17) is 28.5 Å². The molecule has 1 saturated carbocycles. The number of rotatable bonds is 4. The molecule has 0 spiro atoms. The van der Waals surface area contributed by atoms with Crippen LogP contribution >= 0.6 is 23.2 Å². The molecular weight excluding hydrogens is 361 g/mol. The number of nitrogens with zero attached hydrogens (tertiary/aromatic N) is 1. The fourth-order valence-corrected chi connectivity index (χ4v) is 2.96. The zero-order chi connectivity index (χ0) is 18.0. The van der Waals surface area contributed by atoms with Crippen molar-refractivity contribution in [1.82, 2.24) is 0 Å². The molecule has 2 aromatic rings. The number of benzene rings is 2. The topological polar surface area (TPSA) is 82.0 Å². The number of hydrogen-bond acceptors (Lipinski definition) is 3. The Kier molecular flexibility index (Phi) is 4.67. The summed E-state index contributed by atoms with van der Waals surface area (Å²) in [5.41, 5.74) is -0.177. The molecular formula is C18H13Cl2N3O2. The van der Waals surface area contributed by atoms with Crippen molar-refractivity contribution < 1.29 is 9.59 Å². The molecule has 2 N–H and O–H groups in total. The van der Waals surface area contributed by atoms with E-state index in [1.54, 1.807) is 42.5 Å². The molecule has 0 atom stereocenters. The van der Waals surface area contributed by atoms with Crippen molar-refractivity contribution in [1.29, 1.82) is 5.26 Å². The van der Waals surface area contributed by atoms with Crippen molar-refractivity contribution in [2.75, 3.05) is 10.6 Å². The van der Waals surface area contributed by atoms with Gasteiger partial charge in [0.1, 0.15) is 11.5 Å².